The first-order valence-electron chi connectivity index (χ1n) is 8.36. The number of hydrogen-bond acceptors (Lipinski definition) is 2. The molecule has 1 aromatic carbocycles. The van der Waals surface area contributed by atoms with Crippen molar-refractivity contribution in [2.45, 2.75) is 26.6 Å². The molecule has 0 spiro atoms. The van der Waals surface area contributed by atoms with Crippen LogP contribution in [0.2, 0.25) is 0 Å². The fourth-order valence-corrected chi connectivity index (χ4v) is 2.04. The zero-order valence-corrected chi connectivity index (χ0v) is 15.9. The second kappa shape index (κ2) is 9.45. The molecule has 0 unspecified atom stereocenters. The SMILES string of the molecule is CC(C)CNC(=NCC(=O)N(C)C)N(C)Cc1ccc(C(F)(F)F)cc1. The van der Waals surface area contributed by atoms with Crippen molar-refractivity contribution in [1.82, 2.24) is 15.1 Å². The standard InChI is InChI=1S/C18H27F3N4O/c1-13(2)10-22-17(23-11-16(26)24(3)4)25(5)12-14-6-8-15(9-7-14)18(19,20)21/h6-9,13H,10-12H2,1-5H3,(H,22,23). The quantitative estimate of drug-likeness (QED) is 0.617. The number of rotatable bonds is 6. The third kappa shape index (κ3) is 7.33. The van der Waals surface area contributed by atoms with Crippen LogP contribution >= 0.6 is 0 Å². The summed E-state index contributed by atoms with van der Waals surface area (Å²) in [6.07, 6.45) is -4.34. The van der Waals surface area contributed by atoms with Gasteiger partial charge in [0.15, 0.2) is 5.96 Å². The van der Waals surface area contributed by atoms with Gasteiger partial charge in [0, 0.05) is 34.2 Å². The molecule has 5 nitrogen and oxygen atoms in total. The van der Waals surface area contributed by atoms with Crippen molar-refractivity contribution in [1.29, 1.82) is 0 Å². The van der Waals surface area contributed by atoms with Gasteiger partial charge in [0.05, 0.1) is 5.56 Å². The largest absolute Gasteiger partial charge is 0.416 e. The molecule has 0 atom stereocenters. The minimum Gasteiger partial charge on any atom is -0.356 e. The first-order chi connectivity index (χ1) is 12.0. The van der Waals surface area contributed by atoms with Gasteiger partial charge in [-0.3, -0.25) is 4.79 Å². The molecule has 26 heavy (non-hydrogen) atoms. The number of likely N-dealkylation sites (N-methyl/N-ethyl adjacent to an activating group) is 1. The molecule has 0 bridgehead atoms. The van der Waals surface area contributed by atoms with Gasteiger partial charge in [-0.1, -0.05) is 26.0 Å². The van der Waals surface area contributed by atoms with Crippen LogP contribution in [-0.2, 0) is 17.5 Å². The third-order valence-corrected chi connectivity index (χ3v) is 3.59. The Bertz CT molecular complexity index is 610. The number of carbonyl (C=O) groups is 1. The van der Waals surface area contributed by atoms with Crippen LogP contribution in [0.5, 0.6) is 0 Å². The second-order valence-corrected chi connectivity index (χ2v) is 6.75. The lowest BCUT2D eigenvalue weighted by molar-refractivity contribution is -0.137. The van der Waals surface area contributed by atoms with Crippen LogP contribution in [0.1, 0.15) is 25.0 Å². The number of guanidine groups is 1. The lowest BCUT2D eigenvalue weighted by Crippen LogP contribution is -2.41. The summed E-state index contributed by atoms with van der Waals surface area (Å²) >= 11 is 0. The number of alkyl halides is 3. The predicted octanol–water partition coefficient (Wildman–Crippen LogP) is 2.83. The predicted molar refractivity (Wildman–Crippen MR) is 96.7 cm³/mol. The number of amides is 1. The third-order valence-electron chi connectivity index (χ3n) is 3.59. The minimum atomic E-state index is -4.34. The monoisotopic (exact) mass is 372 g/mol. The molecule has 0 saturated carbocycles. The zero-order chi connectivity index (χ0) is 19.9. The number of carbonyl (C=O) groups excluding carboxylic acids is 1. The topological polar surface area (TPSA) is 47.9 Å². The van der Waals surface area contributed by atoms with Crippen molar-refractivity contribution in [3.63, 3.8) is 0 Å². The highest BCUT2D eigenvalue weighted by Gasteiger charge is 2.29. The summed E-state index contributed by atoms with van der Waals surface area (Å²) in [7, 11) is 5.10. The number of halogens is 3. The van der Waals surface area contributed by atoms with E-state index in [1.165, 1.54) is 17.0 Å². The average molecular weight is 372 g/mol. The van der Waals surface area contributed by atoms with E-state index in [0.29, 0.717) is 25.0 Å². The molecule has 0 aliphatic rings. The van der Waals surface area contributed by atoms with E-state index in [1.54, 1.807) is 26.0 Å². The van der Waals surface area contributed by atoms with E-state index >= 15 is 0 Å². The van der Waals surface area contributed by atoms with Crippen LogP contribution < -0.4 is 5.32 Å². The van der Waals surface area contributed by atoms with Gasteiger partial charge in [0.2, 0.25) is 5.91 Å². The molecule has 1 N–H and O–H groups in total. The highest BCUT2D eigenvalue weighted by atomic mass is 19.4. The Labute approximate surface area is 152 Å². The first-order valence-corrected chi connectivity index (χ1v) is 8.36. The molecule has 0 heterocycles. The van der Waals surface area contributed by atoms with Crippen LogP contribution in [-0.4, -0.2) is 55.9 Å². The summed E-state index contributed by atoms with van der Waals surface area (Å²) in [6.45, 7) is 5.15. The minimum absolute atomic E-state index is 0.00474. The average Bonchev–Trinajstić information content (AvgIpc) is 2.53. The number of nitrogens with zero attached hydrogens (tertiary/aromatic N) is 3. The Balaban J connectivity index is 2.85. The van der Waals surface area contributed by atoms with E-state index in [9.17, 15) is 18.0 Å². The highest BCUT2D eigenvalue weighted by Crippen LogP contribution is 2.29. The van der Waals surface area contributed by atoms with E-state index < -0.39 is 11.7 Å². The van der Waals surface area contributed by atoms with Crippen molar-refractivity contribution in [3.05, 3.63) is 35.4 Å². The molecule has 0 aliphatic heterocycles. The van der Waals surface area contributed by atoms with Gasteiger partial charge in [-0.15, -0.1) is 0 Å². The van der Waals surface area contributed by atoms with Gasteiger partial charge >= 0.3 is 6.18 Å². The van der Waals surface area contributed by atoms with Gasteiger partial charge in [0.25, 0.3) is 0 Å². The Morgan fingerprint density at radius 1 is 1.15 bits per heavy atom. The smallest absolute Gasteiger partial charge is 0.356 e. The molecule has 0 saturated heterocycles. The van der Waals surface area contributed by atoms with E-state index in [2.05, 4.69) is 10.3 Å². The van der Waals surface area contributed by atoms with Gasteiger partial charge in [-0.25, -0.2) is 4.99 Å². The maximum absolute atomic E-state index is 12.7. The summed E-state index contributed by atoms with van der Waals surface area (Å²) in [5.74, 6) is 0.787. The van der Waals surface area contributed by atoms with Crippen LogP contribution in [0, 0.1) is 5.92 Å². The number of nitrogens with one attached hydrogen (secondary N) is 1. The summed E-state index contributed by atoms with van der Waals surface area (Å²) < 4.78 is 38.0. The molecule has 0 aromatic heterocycles. The fourth-order valence-electron chi connectivity index (χ4n) is 2.04. The van der Waals surface area contributed by atoms with Crippen molar-refractivity contribution < 1.29 is 18.0 Å². The van der Waals surface area contributed by atoms with Crippen LogP contribution in [0.25, 0.3) is 0 Å². The summed E-state index contributed by atoms with van der Waals surface area (Å²) in [6, 6.07) is 5.03. The Hall–Kier alpha value is -2.25. The molecule has 1 aromatic rings. The molecule has 8 heteroatoms. The number of benzene rings is 1. The van der Waals surface area contributed by atoms with Crippen molar-refractivity contribution in [2.24, 2.45) is 10.9 Å². The van der Waals surface area contributed by atoms with Gasteiger partial charge < -0.3 is 15.1 Å². The molecule has 0 aliphatic carbocycles. The number of hydrogen-bond donors (Lipinski definition) is 1. The van der Waals surface area contributed by atoms with Gasteiger partial charge in [-0.05, 0) is 23.6 Å². The van der Waals surface area contributed by atoms with E-state index in [4.69, 9.17) is 0 Å². The first kappa shape index (κ1) is 21.8. The number of aliphatic imine (C=N–C) groups is 1. The van der Waals surface area contributed by atoms with Crippen LogP contribution in [0.4, 0.5) is 13.2 Å². The molecular weight excluding hydrogens is 345 g/mol. The van der Waals surface area contributed by atoms with E-state index in [1.807, 2.05) is 13.8 Å². The zero-order valence-electron chi connectivity index (χ0n) is 15.9. The maximum Gasteiger partial charge on any atom is 0.416 e. The molecule has 0 radical (unpaired) electrons. The summed E-state index contributed by atoms with van der Waals surface area (Å²) in [5.41, 5.74) is 0.0470. The Kier molecular flexibility index (Phi) is 7.92. The van der Waals surface area contributed by atoms with Gasteiger partial charge in [-0.2, -0.15) is 13.2 Å². The second-order valence-electron chi connectivity index (χ2n) is 6.75. The van der Waals surface area contributed by atoms with Crippen molar-refractivity contribution in [3.8, 4) is 0 Å². The normalized spacial score (nSPS) is 12.3. The molecule has 1 rings (SSSR count). The molecule has 146 valence electrons. The van der Waals surface area contributed by atoms with Crippen LogP contribution in [0.3, 0.4) is 0 Å². The van der Waals surface area contributed by atoms with Crippen LogP contribution in [0.15, 0.2) is 29.3 Å². The fraction of sp³-hybridized carbons (Fsp3) is 0.556. The lowest BCUT2D eigenvalue weighted by atomic mass is 10.1. The Morgan fingerprint density at radius 2 is 1.73 bits per heavy atom. The highest BCUT2D eigenvalue weighted by molar-refractivity contribution is 5.84. The summed E-state index contributed by atoms with van der Waals surface area (Å²) in [5, 5.41) is 3.19. The molecular formula is C18H27F3N4O. The Morgan fingerprint density at radius 3 is 2.19 bits per heavy atom. The molecule has 0 fully saturated rings. The van der Waals surface area contributed by atoms with Crippen molar-refractivity contribution >= 4 is 11.9 Å². The summed E-state index contributed by atoms with van der Waals surface area (Å²) in [4.78, 5) is 19.3. The molecule has 1 amide bonds. The maximum atomic E-state index is 12.7. The van der Waals surface area contributed by atoms with E-state index in [-0.39, 0.29) is 12.5 Å². The lowest BCUT2D eigenvalue weighted by Gasteiger charge is -2.24. The van der Waals surface area contributed by atoms with Crippen molar-refractivity contribution in [2.75, 3.05) is 34.2 Å². The van der Waals surface area contributed by atoms with E-state index in [0.717, 1.165) is 17.7 Å². The van der Waals surface area contributed by atoms with Gasteiger partial charge in [0.1, 0.15) is 6.54 Å².